The van der Waals surface area contributed by atoms with Crippen molar-refractivity contribution in [2.24, 2.45) is 15.4 Å². The minimum absolute atomic E-state index is 0.00187. The zero-order valence-corrected chi connectivity index (χ0v) is 9.44. The highest BCUT2D eigenvalue weighted by Crippen LogP contribution is 2.28. The lowest BCUT2D eigenvalue weighted by Crippen LogP contribution is -2.31. The second-order valence-corrected chi connectivity index (χ2v) is 5.00. The Bertz CT molecular complexity index is 349. The highest BCUT2D eigenvalue weighted by Gasteiger charge is 2.27. The third-order valence-corrected chi connectivity index (χ3v) is 2.60. The smallest absolute Gasteiger partial charge is 0.131 e. The Hall–Kier alpha value is -1.16. The monoisotopic (exact) mass is 207 g/mol. The molecule has 0 bridgehead atoms. The van der Waals surface area contributed by atoms with Crippen LogP contribution < -0.4 is 0 Å². The fourth-order valence-electron chi connectivity index (χ4n) is 1.65. The van der Waals surface area contributed by atoms with E-state index in [0.29, 0.717) is 0 Å². The van der Waals surface area contributed by atoms with E-state index in [1.54, 1.807) is 0 Å². The van der Waals surface area contributed by atoms with Gasteiger partial charge in [-0.25, -0.2) is 4.99 Å². The van der Waals surface area contributed by atoms with Gasteiger partial charge in [0.1, 0.15) is 5.84 Å². The molecule has 15 heavy (non-hydrogen) atoms. The molecular formula is C11H17N3O. The van der Waals surface area contributed by atoms with E-state index in [-0.39, 0.29) is 18.1 Å². The van der Waals surface area contributed by atoms with Gasteiger partial charge in [-0.05, 0) is 0 Å². The molecule has 1 atom stereocenters. The Kier molecular flexibility index (Phi) is 2.38. The van der Waals surface area contributed by atoms with Gasteiger partial charge >= 0.3 is 0 Å². The first kappa shape index (κ1) is 10.4. The summed E-state index contributed by atoms with van der Waals surface area (Å²) in [6.45, 7) is 7.23. The number of hydrogen-bond donors (Lipinski definition) is 1. The molecular weight excluding hydrogens is 190 g/mol. The van der Waals surface area contributed by atoms with E-state index < -0.39 is 0 Å². The first-order chi connectivity index (χ1) is 7.00. The fraction of sp³-hybridized carbons (Fsp3) is 0.636. The Balaban J connectivity index is 2.25. The molecule has 1 unspecified atom stereocenters. The van der Waals surface area contributed by atoms with Crippen LogP contribution in [-0.2, 0) is 0 Å². The summed E-state index contributed by atoms with van der Waals surface area (Å²) in [5, 5.41) is 9.04. The van der Waals surface area contributed by atoms with Crippen molar-refractivity contribution >= 4 is 12.2 Å². The van der Waals surface area contributed by atoms with Crippen LogP contribution in [0.1, 0.15) is 20.8 Å². The summed E-state index contributed by atoms with van der Waals surface area (Å²) in [6, 6.07) is 0.00187. The van der Waals surface area contributed by atoms with E-state index in [4.69, 9.17) is 5.11 Å². The predicted octanol–water partition coefficient (Wildman–Crippen LogP) is 1.03. The van der Waals surface area contributed by atoms with Crippen LogP contribution in [0.15, 0.2) is 21.8 Å². The maximum Gasteiger partial charge on any atom is 0.131 e. The van der Waals surface area contributed by atoms with Gasteiger partial charge in [0.25, 0.3) is 0 Å². The second-order valence-electron chi connectivity index (χ2n) is 5.00. The third kappa shape index (κ3) is 1.95. The molecule has 0 amide bonds. The number of rotatable bonds is 1. The molecule has 1 N–H and O–H groups in total. The van der Waals surface area contributed by atoms with Crippen LogP contribution in [0.3, 0.4) is 0 Å². The largest absolute Gasteiger partial charge is 0.394 e. The second kappa shape index (κ2) is 3.45. The van der Waals surface area contributed by atoms with Gasteiger partial charge in [0.2, 0.25) is 0 Å². The summed E-state index contributed by atoms with van der Waals surface area (Å²) >= 11 is 0. The van der Waals surface area contributed by atoms with Crippen LogP contribution in [0, 0.1) is 5.41 Å². The summed E-state index contributed by atoms with van der Waals surface area (Å²) < 4.78 is 0. The number of aliphatic hydroxyl groups excluding tert-OH is 1. The SMILES string of the molecule is CC(C)(C)C1=CC2=NC(CO)CN2C=N1. The van der Waals surface area contributed by atoms with Crippen molar-refractivity contribution in [2.75, 3.05) is 13.2 Å². The van der Waals surface area contributed by atoms with Crippen molar-refractivity contribution in [1.29, 1.82) is 0 Å². The van der Waals surface area contributed by atoms with Crippen molar-refractivity contribution < 1.29 is 5.11 Å². The number of fused-ring (bicyclic) bond motifs is 1. The molecule has 0 fully saturated rings. The van der Waals surface area contributed by atoms with Gasteiger partial charge in [-0.3, -0.25) is 4.99 Å². The highest BCUT2D eigenvalue weighted by atomic mass is 16.3. The zero-order chi connectivity index (χ0) is 11.1. The van der Waals surface area contributed by atoms with Crippen molar-refractivity contribution in [3.8, 4) is 0 Å². The molecule has 2 aliphatic rings. The topological polar surface area (TPSA) is 48.2 Å². The van der Waals surface area contributed by atoms with Gasteiger partial charge in [-0.2, -0.15) is 0 Å². The Morgan fingerprint density at radius 1 is 1.53 bits per heavy atom. The lowest BCUT2D eigenvalue weighted by Gasteiger charge is -2.24. The van der Waals surface area contributed by atoms with Gasteiger partial charge < -0.3 is 10.0 Å². The van der Waals surface area contributed by atoms with E-state index in [0.717, 1.165) is 18.1 Å². The molecule has 2 aliphatic heterocycles. The Morgan fingerprint density at radius 2 is 2.27 bits per heavy atom. The minimum atomic E-state index is 0.00187. The molecule has 0 aromatic heterocycles. The summed E-state index contributed by atoms with van der Waals surface area (Å²) in [5.74, 6) is 0.925. The summed E-state index contributed by atoms with van der Waals surface area (Å²) in [5.41, 5.74) is 1.08. The number of aliphatic imine (C=N–C) groups is 2. The zero-order valence-electron chi connectivity index (χ0n) is 9.44. The molecule has 0 aromatic rings. The Morgan fingerprint density at radius 3 is 2.87 bits per heavy atom. The molecule has 2 heterocycles. The number of allylic oxidation sites excluding steroid dienone is 1. The van der Waals surface area contributed by atoms with E-state index >= 15 is 0 Å². The van der Waals surface area contributed by atoms with Crippen molar-refractivity contribution in [3.63, 3.8) is 0 Å². The van der Waals surface area contributed by atoms with Gasteiger partial charge in [-0.1, -0.05) is 20.8 Å². The van der Waals surface area contributed by atoms with E-state index in [2.05, 4.69) is 30.8 Å². The number of nitrogens with zero attached hydrogens (tertiary/aromatic N) is 3. The third-order valence-electron chi connectivity index (χ3n) is 2.60. The molecule has 0 aromatic carbocycles. The molecule has 0 radical (unpaired) electrons. The molecule has 4 heteroatoms. The number of hydrogen-bond acceptors (Lipinski definition) is 4. The van der Waals surface area contributed by atoms with Crippen LogP contribution in [-0.4, -0.2) is 41.4 Å². The van der Waals surface area contributed by atoms with Gasteiger partial charge in [0, 0.05) is 11.5 Å². The molecule has 0 saturated heterocycles. The lowest BCUT2D eigenvalue weighted by atomic mass is 9.91. The van der Waals surface area contributed by atoms with Crippen molar-refractivity contribution in [1.82, 2.24) is 4.90 Å². The van der Waals surface area contributed by atoms with Gasteiger partial charge in [-0.15, -0.1) is 0 Å². The van der Waals surface area contributed by atoms with E-state index in [1.807, 2.05) is 17.3 Å². The molecule has 2 rings (SSSR count). The van der Waals surface area contributed by atoms with Crippen LogP contribution in [0.4, 0.5) is 0 Å². The minimum Gasteiger partial charge on any atom is -0.394 e. The number of aliphatic hydroxyl groups is 1. The average molecular weight is 207 g/mol. The normalized spacial score (nSPS) is 25.1. The molecule has 4 nitrogen and oxygen atoms in total. The van der Waals surface area contributed by atoms with Gasteiger partial charge in [0.15, 0.2) is 0 Å². The predicted molar refractivity (Wildman–Crippen MR) is 61.0 cm³/mol. The first-order valence-corrected chi connectivity index (χ1v) is 5.22. The standard InChI is InChI=1S/C11H17N3O/c1-11(2,3)9-4-10-13-8(6-15)5-14(10)7-12-9/h4,7-8,15H,5-6H2,1-3H3. The average Bonchev–Trinajstić information content (AvgIpc) is 2.57. The van der Waals surface area contributed by atoms with Crippen molar-refractivity contribution in [3.05, 3.63) is 11.8 Å². The first-order valence-electron chi connectivity index (χ1n) is 5.22. The molecule has 82 valence electrons. The Labute approximate surface area is 90.0 Å². The molecule has 0 spiro atoms. The van der Waals surface area contributed by atoms with Gasteiger partial charge in [0.05, 0.1) is 31.2 Å². The number of amidine groups is 1. The maximum absolute atomic E-state index is 9.04. The lowest BCUT2D eigenvalue weighted by molar-refractivity contribution is 0.265. The highest BCUT2D eigenvalue weighted by molar-refractivity contribution is 6.03. The van der Waals surface area contributed by atoms with Crippen LogP contribution >= 0.6 is 0 Å². The summed E-state index contributed by atoms with van der Waals surface area (Å²) in [7, 11) is 0. The summed E-state index contributed by atoms with van der Waals surface area (Å²) in [4.78, 5) is 10.8. The quantitative estimate of drug-likeness (QED) is 0.698. The summed E-state index contributed by atoms with van der Waals surface area (Å²) in [6.07, 6.45) is 3.82. The molecule has 0 aliphatic carbocycles. The fourth-order valence-corrected chi connectivity index (χ4v) is 1.65. The maximum atomic E-state index is 9.04. The van der Waals surface area contributed by atoms with E-state index in [1.165, 1.54) is 0 Å². The van der Waals surface area contributed by atoms with Crippen molar-refractivity contribution in [2.45, 2.75) is 26.8 Å². The van der Waals surface area contributed by atoms with E-state index in [9.17, 15) is 0 Å². The molecule has 0 saturated carbocycles. The van der Waals surface area contributed by atoms with Crippen LogP contribution in [0.2, 0.25) is 0 Å². The van der Waals surface area contributed by atoms with Crippen LogP contribution in [0.25, 0.3) is 0 Å². The van der Waals surface area contributed by atoms with Crippen LogP contribution in [0.5, 0.6) is 0 Å².